The molecule has 0 N–H and O–H groups in total. The lowest BCUT2D eigenvalue weighted by molar-refractivity contribution is 0.626. The van der Waals surface area contributed by atoms with Gasteiger partial charge in [0.1, 0.15) is 5.82 Å². The van der Waals surface area contributed by atoms with E-state index in [0.29, 0.717) is 0 Å². The fraction of sp³-hybridized carbons (Fsp3) is 0.0870. The van der Waals surface area contributed by atoms with Gasteiger partial charge in [-0.25, -0.2) is 4.39 Å². The molecule has 3 aromatic carbocycles. The highest BCUT2D eigenvalue weighted by atomic mass is 19.1. The van der Waals surface area contributed by atoms with Crippen LogP contribution in [0.25, 0.3) is 6.08 Å². The minimum absolute atomic E-state index is 0.201. The van der Waals surface area contributed by atoms with E-state index in [9.17, 15) is 4.39 Å². The van der Waals surface area contributed by atoms with Crippen LogP contribution in [0.1, 0.15) is 34.6 Å². The summed E-state index contributed by atoms with van der Waals surface area (Å²) in [7, 11) is 0. The van der Waals surface area contributed by atoms with Gasteiger partial charge in [0.05, 0.1) is 0 Å². The molecule has 0 aliphatic carbocycles. The van der Waals surface area contributed by atoms with E-state index in [4.69, 9.17) is 0 Å². The van der Waals surface area contributed by atoms with Gasteiger partial charge >= 0.3 is 0 Å². The van der Waals surface area contributed by atoms with Crippen molar-refractivity contribution < 1.29 is 4.39 Å². The van der Waals surface area contributed by atoms with Gasteiger partial charge in [-0.05, 0) is 47.7 Å². The van der Waals surface area contributed by atoms with Crippen LogP contribution in [0.3, 0.4) is 0 Å². The molecule has 0 aliphatic heterocycles. The highest BCUT2D eigenvalue weighted by Gasteiger charge is 2.12. The maximum Gasteiger partial charge on any atom is 0.123 e. The Hall–Kier alpha value is -2.67. The SMILES string of the molecule is [CH2]c1cccc(C=CCC(c2ccccc2)c2ccc(F)cc2)c1. The van der Waals surface area contributed by atoms with Gasteiger partial charge in [0.15, 0.2) is 0 Å². The summed E-state index contributed by atoms with van der Waals surface area (Å²) in [5.41, 5.74) is 4.52. The molecule has 3 rings (SSSR count). The van der Waals surface area contributed by atoms with Gasteiger partial charge in [0, 0.05) is 5.92 Å². The van der Waals surface area contributed by atoms with Gasteiger partial charge in [-0.3, -0.25) is 0 Å². The molecule has 24 heavy (non-hydrogen) atoms. The van der Waals surface area contributed by atoms with Crippen molar-refractivity contribution in [2.24, 2.45) is 0 Å². The van der Waals surface area contributed by atoms with Gasteiger partial charge in [0.2, 0.25) is 0 Å². The first kappa shape index (κ1) is 16.2. The first-order valence-corrected chi connectivity index (χ1v) is 8.11. The molecule has 0 fully saturated rings. The Morgan fingerprint density at radius 1 is 0.833 bits per heavy atom. The molecule has 0 spiro atoms. The standard InChI is InChI=1S/C23H20F/c1-18-7-5-8-19(17-18)9-6-12-23(20-10-3-2-4-11-20)21-13-15-22(24)16-14-21/h2-11,13-17,23H,1,12H2. The lowest BCUT2D eigenvalue weighted by Gasteiger charge is -2.16. The van der Waals surface area contributed by atoms with Gasteiger partial charge < -0.3 is 0 Å². The van der Waals surface area contributed by atoms with E-state index in [0.717, 1.165) is 23.1 Å². The van der Waals surface area contributed by atoms with E-state index >= 15 is 0 Å². The number of benzene rings is 3. The number of halogens is 1. The molecule has 1 atom stereocenters. The molecule has 0 aliphatic rings. The molecule has 0 saturated carbocycles. The average molecular weight is 315 g/mol. The smallest absolute Gasteiger partial charge is 0.123 e. The van der Waals surface area contributed by atoms with Crippen molar-refractivity contribution in [3.8, 4) is 0 Å². The summed E-state index contributed by atoms with van der Waals surface area (Å²) in [5, 5.41) is 0. The summed E-state index contributed by atoms with van der Waals surface area (Å²) in [5.74, 6) is 0.0133. The predicted molar refractivity (Wildman–Crippen MR) is 99.2 cm³/mol. The monoisotopic (exact) mass is 315 g/mol. The second kappa shape index (κ2) is 7.74. The van der Waals surface area contributed by atoms with Crippen LogP contribution < -0.4 is 0 Å². The van der Waals surface area contributed by atoms with Crippen LogP contribution in [0.5, 0.6) is 0 Å². The Morgan fingerprint density at radius 3 is 2.25 bits per heavy atom. The summed E-state index contributed by atoms with van der Waals surface area (Å²) in [6.45, 7) is 3.96. The topological polar surface area (TPSA) is 0 Å². The van der Waals surface area contributed by atoms with Crippen molar-refractivity contribution in [3.63, 3.8) is 0 Å². The first-order chi connectivity index (χ1) is 11.7. The van der Waals surface area contributed by atoms with Crippen LogP contribution in [0.2, 0.25) is 0 Å². The van der Waals surface area contributed by atoms with Gasteiger partial charge in [0.25, 0.3) is 0 Å². The number of hydrogen-bond acceptors (Lipinski definition) is 0. The summed E-state index contributed by atoms with van der Waals surface area (Å²) in [4.78, 5) is 0. The largest absolute Gasteiger partial charge is 0.207 e. The zero-order valence-corrected chi connectivity index (χ0v) is 13.5. The fourth-order valence-corrected chi connectivity index (χ4v) is 2.88. The molecule has 3 aromatic rings. The van der Waals surface area contributed by atoms with Crippen LogP contribution in [-0.2, 0) is 0 Å². The Labute approximate surface area is 143 Å². The van der Waals surface area contributed by atoms with E-state index < -0.39 is 0 Å². The minimum Gasteiger partial charge on any atom is -0.207 e. The zero-order valence-electron chi connectivity index (χ0n) is 13.5. The number of hydrogen-bond donors (Lipinski definition) is 0. The molecule has 0 amide bonds. The normalized spacial score (nSPS) is 12.4. The molecule has 0 saturated heterocycles. The van der Waals surface area contributed by atoms with Crippen molar-refractivity contribution in [2.75, 3.05) is 0 Å². The quantitative estimate of drug-likeness (QED) is 0.522. The van der Waals surface area contributed by atoms with Crippen molar-refractivity contribution in [2.45, 2.75) is 12.3 Å². The zero-order chi connectivity index (χ0) is 16.8. The van der Waals surface area contributed by atoms with Gasteiger partial charge in [-0.15, -0.1) is 0 Å². The molecule has 0 bridgehead atoms. The summed E-state index contributed by atoms with van der Waals surface area (Å²) in [6.07, 6.45) is 5.15. The molecule has 1 radical (unpaired) electrons. The number of allylic oxidation sites excluding steroid dienone is 1. The third-order valence-corrected chi connectivity index (χ3v) is 4.11. The third-order valence-electron chi connectivity index (χ3n) is 4.11. The van der Waals surface area contributed by atoms with E-state index in [2.05, 4.69) is 43.3 Å². The highest BCUT2D eigenvalue weighted by molar-refractivity contribution is 5.51. The van der Waals surface area contributed by atoms with Crippen molar-refractivity contribution in [1.82, 2.24) is 0 Å². The Balaban J connectivity index is 1.84. The maximum atomic E-state index is 13.2. The van der Waals surface area contributed by atoms with Crippen molar-refractivity contribution in [3.05, 3.63) is 120 Å². The first-order valence-electron chi connectivity index (χ1n) is 8.11. The summed E-state index contributed by atoms with van der Waals surface area (Å²) in [6, 6.07) is 25.3. The number of rotatable bonds is 5. The van der Waals surface area contributed by atoms with Crippen LogP contribution in [0.15, 0.2) is 84.9 Å². The van der Waals surface area contributed by atoms with Crippen molar-refractivity contribution >= 4 is 6.08 Å². The van der Waals surface area contributed by atoms with Crippen LogP contribution >= 0.6 is 0 Å². The fourth-order valence-electron chi connectivity index (χ4n) is 2.88. The van der Waals surface area contributed by atoms with Crippen LogP contribution in [-0.4, -0.2) is 0 Å². The molecular formula is C23H20F. The van der Waals surface area contributed by atoms with Gasteiger partial charge in [-0.1, -0.05) is 78.9 Å². The molecule has 1 unspecified atom stereocenters. The maximum absolute atomic E-state index is 13.2. The summed E-state index contributed by atoms with van der Waals surface area (Å²) >= 11 is 0. The lowest BCUT2D eigenvalue weighted by Crippen LogP contribution is -2.00. The Bertz CT molecular complexity index is 801. The molecule has 0 heterocycles. The lowest BCUT2D eigenvalue weighted by atomic mass is 9.88. The van der Waals surface area contributed by atoms with Crippen LogP contribution in [0, 0.1) is 12.7 Å². The summed E-state index contributed by atoms with van der Waals surface area (Å²) < 4.78 is 13.2. The Kier molecular flexibility index (Phi) is 5.22. The van der Waals surface area contributed by atoms with Crippen molar-refractivity contribution in [1.29, 1.82) is 0 Å². The molecular weight excluding hydrogens is 295 g/mol. The van der Waals surface area contributed by atoms with E-state index in [-0.39, 0.29) is 11.7 Å². The molecule has 1 heteroatoms. The average Bonchev–Trinajstić information content (AvgIpc) is 2.61. The molecule has 0 aromatic heterocycles. The second-order valence-corrected chi connectivity index (χ2v) is 5.90. The van der Waals surface area contributed by atoms with E-state index in [1.165, 1.54) is 17.7 Å². The Morgan fingerprint density at radius 2 is 1.54 bits per heavy atom. The second-order valence-electron chi connectivity index (χ2n) is 5.90. The van der Waals surface area contributed by atoms with Gasteiger partial charge in [-0.2, -0.15) is 0 Å². The minimum atomic E-state index is -0.201. The van der Waals surface area contributed by atoms with E-state index in [1.807, 2.05) is 42.5 Å². The predicted octanol–water partition coefficient (Wildman–Crippen LogP) is 6.24. The van der Waals surface area contributed by atoms with E-state index in [1.54, 1.807) is 0 Å². The molecule has 119 valence electrons. The third kappa shape index (κ3) is 4.20. The molecule has 0 nitrogen and oxygen atoms in total. The highest BCUT2D eigenvalue weighted by Crippen LogP contribution is 2.28. The van der Waals surface area contributed by atoms with Crippen LogP contribution in [0.4, 0.5) is 4.39 Å².